The number of nitrogens with zero attached hydrogens (tertiary/aromatic N) is 4. The Labute approximate surface area is 68.6 Å². The lowest BCUT2D eigenvalue weighted by Crippen LogP contribution is -2.22. The fraction of sp³-hybridized carbons (Fsp3) is 0. The molecule has 0 fully saturated rings. The maximum absolute atomic E-state index is 10.6. The third-order valence-corrected chi connectivity index (χ3v) is 1.91. The van der Waals surface area contributed by atoms with Crippen molar-refractivity contribution in [1.82, 2.24) is 0 Å². The average Bonchev–Trinajstić information content (AvgIpc) is 2.49. The molecule has 0 aromatic carbocycles. The molecule has 0 bridgehead atoms. The zero-order valence-electron chi connectivity index (χ0n) is 5.67. The maximum atomic E-state index is 10.6. The van der Waals surface area contributed by atoms with E-state index in [4.69, 9.17) is 0 Å². The van der Waals surface area contributed by atoms with E-state index in [1.165, 1.54) is 6.34 Å². The second kappa shape index (κ2) is 2.45. The molecule has 0 unspecified atom stereocenters. The Balaban J connectivity index is 2.69. The second-order valence-electron chi connectivity index (χ2n) is 1.96. The fourth-order valence-corrected chi connectivity index (χ4v) is 1.26. The Kier molecular flexibility index (Phi) is 1.44. The van der Waals surface area contributed by atoms with E-state index in [0.717, 1.165) is 6.34 Å². The molecule has 0 amide bonds. The van der Waals surface area contributed by atoms with E-state index < -0.39 is 10.3 Å². The number of fused-ring (bicyclic) bond motifs is 1. The van der Waals surface area contributed by atoms with Gasteiger partial charge in [-0.15, -0.1) is 0 Å². The molecule has 12 heavy (non-hydrogen) atoms. The van der Waals surface area contributed by atoms with E-state index in [1.54, 1.807) is 0 Å². The van der Waals surface area contributed by atoms with Gasteiger partial charge in [0.15, 0.2) is 11.5 Å². The number of hydrogen-bond acceptors (Lipinski definition) is 5. The minimum atomic E-state index is -2.39. The van der Waals surface area contributed by atoms with E-state index in [0.29, 0.717) is 5.84 Å². The van der Waals surface area contributed by atoms with E-state index in [2.05, 4.69) is 20.0 Å². The first kappa shape index (κ1) is 7.04. The van der Waals surface area contributed by atoms with E-state index in [9.17, 15) is 8.42 Å². The second-order valence-corrected chi connectivity index (χ2v) is 2.82. The highest BCUT2D eigenvalue weighted by Crippen LogP contribution is 2.01. The van der Waals surface area contributed by atoms with Gasteiger partial charge in [-0.2, -0.15) is 8.42 Å². The molecule has 2 aliphatic rings. The fourth-order valence-electron chi connectivity index (χ4n) is 0.825. The van der Waals surface area contributed by atoms with Crippen LogP contribution in [0.3, 0.4) is 0 Å². The summed E-state index contributed by atoms with van der Waals surface area (Å²) < 4.78 is 21.1. The summed E-state index contributed by atoms with van der Waals surface area (Å²) in [6.45, 7) is 0. The molecule has 0 radical (unpaired) electrons. The van der Waals surface area contributed by atoms with Crippen LogP contribution in [-0.2, 0) is 10.3 Å². The molecular weight excluding hydrogens is 180 g/mol. The average molecular weight is 182 g/mol. The monoisotopic (exact) mass is 182 g/mol. The first-order chi connectivity index (χ1) is 5.79. The Bertz CT molecular complexity index is 472. The molecule has 0 N–H and O–H groups in total. The zero-order valence-corrected chi connectivity index (χ0v) is 6.48. The van der Waals surface area contributed by atoms with Crippen molar-refractivity contribution in [2.45, 2.75) is 0 Å². The van der Waals surface area contributed by atoms with Crippen LogP contribution in [0.1, 0.15) is 0 Å². The van der Waals surface area contributed by atoms with Crippen LogP contribution in [0.15, 0.2) is 20.0 Å². The van der Waals surface area contributed by atoms with Crippen molar-refractivity contribution in [3.63, 3.8) is 0 Å². The molecule has 0 saturated heterocycles. The zero-order chi connectivity index (χ0) is 8.55. The van der Waals surface area contributed by atoms with Gasteiger partial charge in [0.05, 0.1) is 0 Å². The largest absolute Gasteiger partial charge is 0.242 e. The molecule has 0 saturated carbocycles. The molecular formula is C5H2N4O2S. The van der Waals surface area contributed by atoms with Crippen molar-refractivity contribution >= 4 is 39.5 Å². The summed E-state index contributed by atoms with van der Waals surface area (Å²) in [5.74, 6) is 0.296. The smallest absolute Gasteiger partial charge is 0.230 e. The standard InChI is InChI=1S/C5H2N4O2S/c10-12(11)5-3-4(7-1-6-3)8-2-9-5/h1-2H. The van der Waals surface area contributed by atoms with Crippen LogP contribution in [0.4, 0.5) is 0 Å². The quantitative estimate of drug-likeness (QED) is 0.446. The highest BCUT2D eigenvalue weighted by molar-refractivity contribution is 7.75. The van der Waals surface area contributed by atoms with Crippen LogP contribution in [0.25, 0.3) is 0 Å². The van der Waals surface area contributed by atoms with Gasteiger partial charge < -0.3 is 0 Å². The normalized spacial score (nSPS) is 18.8. The number of amidine groups is 1. The van der Waals surface area contributed by atoms with Gasteiger partial charge in [-0.3, -0.25) is 0 Å². The lowest BCUT2D eigenvalue weighted by Gasteiger charge is -1.99. The van der Waals surface area contributed by atoms with Crippen LogP contribution in [0.2, 0.25) is 0 Å². The molecule has 0 atom stereocenters. The summed E-state index contributed by atoms with van der Waals surface area (Å²) in [6.07, 6.45) is 2.39. The molecule has 0 aromatic heterocycles. The van der Waals surface area contributed by atoms with Crippen molar-refractivity contribution in [1.29, 1.82) is 0 Å². The van der Waals surface area contributed by atoms with Crippen molar-refractivity contribution in [3.8, 4) is 0 Å². The number of hydrogen-bond donors (Lipinski definition) is 0. The van der Waals surface area contributed by atoms with Gasteiger partial charge in [0, 0.05) is 0 Å². The highest BCUT2D eigenvalue weighted by atomic mass is 32.2. The minimum absolute atomic E-state index is 0.113. The highest BCUT2D eigenvalue weighted by Gasteiger charge is 2.21. The van der Waals surface area contributed by atoms with Crippen LogP contribution in [0.5, 0.6) is 0 Å². The first-order valence-corrected chi connectivity index (χ1v) is 4.04. The molecule has 0 aromatic rings. The lowest BCUT2D eigenvalue weighted by molar-refractivity contribution is 0.627. The SMILES string of the molecule is O=S(=O)=C1N=CN=C2N=CN=C21. The minimum Gasteiger partial charge on any atom is -0.230 e. The Morgan fingerprint density at radius 2 is 1.83 bits per heavy atom. The van der Waals surface area contributed by atoms with Crippen molar-refractivity contribution < 1.29 is 8.42 Å². The lowest BCUT2D eigenvalue weighted by atomic mass is 10.3. The van der Waals surface area contributed by atoms with Crippen LogP contribution in [-0.4, -0.2) is 37.6 Å². The third-order valence-electron chi connectivity index (χ3n) is 1.29. The van der Waals surface area contributed by atoms with Gasteiger partial charge in [-0.1, -0.05) is 0 Å². The van der Waals surface area contributed by atoms with Crippen LogP contribution in [0, 0.1) is 0 Å². The number of rotatable bonds is 0. The summed E-state index contributed by atoms with van der Waals surface area (Å²) in [6, 6.07) is 0. The molecule has 2 heterocycles. The van der Waals surface area contributed by atoms with Crippen LogP contribution >= 0.6 is 0 Å². The summed E-state index contributed by atoms with van der Waals surface area (Å²) in [4.78, 5) is 14.6. The molecule has 7 heteroatoms. The van der Waals surface area contributed by atoms with Crippen LogP contribution < -0.4 is 0 Å². The molecule has 2 rings (SSSR count). The Morgan fingerprint density at radius 1 is 1.08 bits per heavy atom. The van der Waals surface area contributed by atoms with Gasteiger partial charge >= 0.3 is 0 Å². The number of aliphatic imine (C=N–C) groups is 4. The van der Waals surface area contributed by atoms with Gasteiger partial charge in [-0.05, 0) is 0 Å². The molecule has 0 spiro atoms. The summed E-state index contributed by atoms with van der Waals surface area (Å²) in [5, 5.41) is 0. The van der Waals surface area contributed by atoms with Crippen molar-refractivity contribution in [3.05, 3.63) is 0 Å². The van der Waals surface area contributed by atoms with E-state index in [-0.39, 0.29) is 10.7 Å². The van der Waals surface area contributed by atoms with Gasteiger partial charge in [0.25, 0.3) is 0 Å². The van der Waals surface area contributed by atoms with Crippen molar-refractivity contribution in [2.75, 3.05) is 0 Å². The summed E-state index contributed by atoms with van der Waals surface area (Å²) in [5.41, 5.74) is 0.214. The molecule has 0 aliphatic carbocycles. The Hall–Kier alpha value is -1.63. The molecule has 60 valence electrons. The predicted octanol–water partition coefficient (Wildman–Crippen LogP) is -1.08. The topological polar surface area (TPSA) is 83.6 Å². The predicted molar refractivity (Wildman–Crippen MR) is 45.8 cm³/mol. The maximum Gasteiger partial charge on any atom is 0.242 e. The van der Waals surface area contributed by atoms with E-state index >= 15 is 0 Å². The van der Waals surface area contributed by atoms with Crippen molar-refractivity contribution in [2.24, 2.45) is 20.0 Å². The first-order valence-electron chi connectivity index (χ1n) is 2.96. The van der Waals surface area contributed by atoms with Gasteiger partial charge in [0.2, 0.25) is 15.3 Å². The Morgan fingerprint density at radius 3 is 2.58 bits per heavy atom. The molecule has 6 nitrogen and oxygen atoms in total. The van der Waals surface area contributed by atoms with E-state index in [1.807, 2.05) is 0 Å². The van der Waals surface area contributed by atoms with Gasteiger partial charge in [0.1, 0.15) is 12.7 Å². The third kappa shape index (κ3) is 0.909. The summed E-state index contributed by atoms with van der Waals surface area (Å²) >= 11 is 0. The summed E-state index contributed by atoms with van der Waals surface area (Å²) in [7, 11) is -2.39. The van der Waals surface area contributed by atoms with Gasteiger partial charge in [-0.25, -0.2) is 20.0 Å². The molecule has 2 aliphatic heterocycles.